The molecule has 3 N–H and O–H groups in total. The van der Waals surface area contributed by atoms with Crippen molar-refractivity contribution in [3.8, 4) is 0 Å². The Hall–Kier alpha value is -1.36. The Labute approximate surface area is 137 Å². The summed E-state index contributed by atoms with van der Waals surface area (Å²) in [5.74, 6) is 0.253. The molecule has 0 atom stereocenters. The monoisotopic (exact) mass is 340 g/mol. The van der Waals surface area contributed by atoms with E-state index in [2.05, 4.69) is 5.32 Å². The second kappa shape index (κ2) is 7.59. The van der Waals surface area contributed by atoms with Crippen molar-refractivity contribution < 1.29 is 4.79 Å². The van der Waals surface area contributed by atoms with Gasteiger partial charge in [-0.05, 0) is 35.9 Å². The largest absolute Gasteiger partial charge is 0.398 e. The molecule has 2 rings (SSSR count). The summed E-state index contributed by atoms with van der Waals surface area (Å²) < 4.78 is 0. The molecule has 0 radical (unpaired) electrons. The summed E-state index contributed by atoms with van der Waals surface area (Å²) in [6.45, 7) is 0.479. The van der Waals surface area contributed by atoms with Crippen molar-refractivity contribution in [1.82, 2.24) is 5.32 Å². The Morgan fingerprint density at radius 1 is 1.10 bits per heavy atom. The summed E-state index contributed by atoms with van der Waals surface area (Å²) in [4.78, 5) is 12.7. The van der Waals surface area contributed by atoms with Gasteiger partial charge < -0.3 is 11.1 Å². The first-order valence-corrected chi connectivity index (χ1v) is 7.98. The minimum absolute atomic E-state index is 0.0516. The van der Waals surface area contributed by atoms with Crippen LogP contribution >= 0.6 is 35.0 Å². The number of nitrogens with one attached hydrogen (secondary N) is 1. The van der Waals surface area contributed by atoms with Gasteiger partial charge in [-0.1, -0.05) is 35.3 Å². The van der Waals surface area contributed by atoms with Crippen LogP contribution in [0.15, 0.2) is 47.4 Å². The molecule has 6 heteroatoms. The average Bonchev–Trinajstić information content (AvgIpc) is 2.46. The second-order valence-electron chi connectivity index (χ2n) is 4.37. The Kier molecular flexibility index (Phi) is 5.79. The van der Waals surface area contributed by atoms with Gasteiger partial charge in [0.1, 0.15) is 0 Å². The molecule has 0 aromatic heterocycles. The molecule has 0 unspecified atom stereocenters. The van der Waals surface area contributed by atoms with Crippen LogP contribution in [0, 0.1) is 0 Å². The lowest BCUT2D eigenvalue weighted by atomic mass is 10.2. The standard InChI is InChI=1S/C15H14Cl2N2OS/c16-11-3-1-10(2-4-11)8-19-15(20)9-21-14-6-5-12(17)7-13(14)18/h1-7H,8-9,18H2,(H,19,20). The highest BCUT2D eigenvalue weighted by Crippen LogP contribution is 2.27. The van der Waals surface area contributed by atoms with Crippen LogP contribution < -0.4 is 11.1 Å². The Morgan fingerprint density at radius 2 is 1.76 bits per heavy atom. The van der Waals surface area contributed by atoms with Crippen LogP contribution in [-0.4, -0.2) is 11.7 Å². The molecule has 0 aliphatic heterocycles. The van der Waals surface area contributed by atoms with Gasteiger partial charge in [0.05, 0.1) is 5.75 Å². The van der Waals surface area contributed by atoms with E-state index in [1.165, 1.54) is 11.8 Å². The van der Waals surface area contributed by atoms with Gasteiger partial charge >= 0.3 is 0 Å². The maximum atomic E-state index is 11.8. The fraction of sp³-hybridized carbons (Fsp3) is 0.133. The van der Waals surface area contributed by atoms with E-state index in [1.54, 1.807) is 24.3 Å². The van der Waals surface area contributed by atoms with E-state index in [9.17, 15) is 4.79 Å². The van der Waals surface area contributed by atoms with Crippen molar-refractivity contribution in [2.75, 3.05) is 11.5 Å². The molecule has 0 saturated heterocycles. The average molecular weight is 341 g/mol. The number of hydrogen-bond acceptors (Lipinski definition) is 3. The Balaban J connectivity index is 1.80. The number of nitrogens with two attached hydrogens (primary N) is 1. The van der Waals surface area contributed by atoms with E-state index < -0.39 is 0 Å². The molecule has 2 aromatic rings. The fourth-order valence-electron chi connectivity index (χ4n) is 1.65. The lowest BCUT2D eigenvalue weighted by Crippen LogP contribution is -2.24. The predicted molar refractivity (Wildman–Crippen MR) is 89.9 cm³/mol. The third-order valence-electron chi connectivity index (χ3n) is 2.73. The normalized spacial score (nSPS) is 10.4. The highest BCUT2D eigenvalue weighted by molar-refractivity contribution is 8.00. The topological polar surface area (TPSA) is 55.1 Å². The van der Waals surface area contributed by atoms with Gasteiger partial charge in [0.15, 0.2) is 0 Å². The first-order chi connectivity index (χ1) is 10.0. The third-order valence-corrected chi connectivity index (χ3v) is 4.31. The molecule has 0 aliphatic rings. The quantitative estimate of drug-likeness (QED) is 0.639. The van der Waals surface area contributed by atoms with Crippen LogP contribution in [-0.2, 0) is 11.3 Å². The van der Waals surface area contributed by atoms with Crippen molar-refractivity contribution in [3.63, 3.8) is 0 Å². The Bertz CT molecular complexity index is 632. The highest BCUT2D eigenvalue weighted by atomic mass is 35.5. The molecule has 3 nitrogen and oxygen atoms in total. The number of anilines is 1. The summed E-state index contributed by atoms with van der Waals surface area (Å²) in [5.41, 5.74) is 7.42. The minimum atomic E-state index is -0.0516. The van der Waals surface area contributed by atoms with Gasteiger partial charge in [0.25, 0.3) is 0 Å². The maximum absolute atomic E-state index is 11.8. The molecular formula is C15H14Cl2N2OS. The number of benzene rings is 2. The number of rotatable bonds is 5. The molecule has 0 fully saturated rings. The summed E-state index contributed by atoms with van der Waals surface area (Å²) in [6.07, 6.45) is 0. The molecule has 21 heavy (non-hydrogen) atoms. The van der Waals surface area contributed by atoms with E-state index >= 15 is 0 Å². The zero-order valence-corrected chi connectivity index (χ0v) is 13.4. The van der Waals surface area contributed by atoms with Crippen molar-refractivity contribution in [1.29, 1.82) is 0 Å². The van der Waals surface area contributed by atoms with Gasteiger partial charge in [0.2, 0.25) is 5.91 Å². The molecule has 1 amide bonds. The van der Waals surface area contributed by atoms with Crippen molar-refractivity contribution >= 4 is 46.6 Å². The molecular weight excluding hydrogens is 327 g/mol. The Morgan fingerprint density at radius 3 is 2.43 bits per heavy atom. The van der Waals surface area contributed by atoms with Crippen molar-refractivity contribution in [2.45, 2.75) is 11.4 Å². The van der Waals surface area contributed by atoms with E-state index in [0.29, 0.717) is 28.0 Å². The van der Waals surface area contributed by atoms with E-state index in [1.807, 2.05) is 18.2 Å². The lowest BCUT2D eigenvalue weighted by Gasteiger charge is -2.07. The smallest absolute Gasteiger partial charge is 0.230 e. The lowest BCUT2D eigenvalue weighted by molar-refractivity contribution is -0.118. The SMILES string of the molecule is Nc1cc(Cl)ccc1SCC(=O)NCc1ccc(Cl)cc1. The van der Waals surface area contributed by atoms with Gasteiger partial charge in [-0.15, -0.1) is 11.8 Å². The van der Waals surface area contributed by atoms with Gasteiger partial charge in [-0.25, -0.2) is 0 Å². The first-order valence-electron chi connectivity index (χ1n) is 6.23. The number of nitrogen functional groups attached to an aromatic ring is 1. The van der Waals surface area contributed by atoms with Crippen LogP contribution in [0.25, 0.3) is 0 Å². The molecule has 0 bridgehead atoms. The number of halogens is 2. The molecule has 0 heterocycles. The predicted octanol–water partition coefficient (Wildman–Crippen LogP) is 3.98. The molecule has 2 aromatic carbocycles. The van der Waals surface area contributed by atoms with E-state index in [-0.39, 0.29) is 5.91 Å². The van der Waals surface area contributed by atoms with Crippen LogP contribution in [0.5, 0.6) is 0 Å². The van der Waals surface area contributed by atoms with Crippen LogP contribution in [0.4, 0.5) is 5.69 Å². The van der Waals surface area contributed by atoms with E-state index in [4.69, 9.17) is 28.9 Å². The second-order valence-corrected chi connectivity index (χ2v) is 6.26. The number of amides is 1. The summed E-state index contributed by atoms with van der Waals surface area (Å²) in [5, 5.41) is 4.12. The number of carbonyl (C=O) groups is 1. The van der Waals surface area contributed by atoms with Gasteiger partial charge in [-0.3, -0.25) is 4.79 Å². The summed E-state index contributed by atoms with van der Waals surface area (Å²) >= 11 is 13.0. The van der Waals surface area contributed by atoms with Crippen molar-refractivity contribution in [3.05, 3.63) is 58.1 Å². The van der Waals surface area contributed by atoms with Crippen molar-refractivity contribution in [2.24, 2.45) is 0 Å². The highest BCUT2D eigenvalue weighted by Gasteiger charge is 2.06. The summed E-state index contributed by atoms with van der Waals surface area (Å²) in [7, 11) is 0. The maximum Gasteiger partial charge on any atom is 0.230 e. The van der Waals surface area contributed by atoms with Crippen LogP contribution in [0.3, 0.4) is 0 Å². The zero-order valence-electron chi connectivity index (χ0n) is 11.1. The molecule has 110 valence electrons. The fourth-order valence-corrected chi connectivity index (χ4v) is 2.73. The van der Waals surface area contributed by atoms with Gasteiger partial charge in [0, 0.05) is 27.2 Å². The van der Waals surface area contributed by atoms with E-state index in [0.717, 1.165) is 10.5 Å². The van der Waals surface area contributed by atoms with Crippen LogP contribution in [0.2, 0.25) is 10.0 Å². The molecule has 0 spiro atoms. The molecule has 0 aliphatic carbocycles. The first kappa shape index (κ1) is 16.0. The van der Waals surface area contributed by atoms with Crippen LogP contribution in [0.1, 0.15) is 5.56 Å². The molecule has 0 saturated carbocycles. The number of thioether (sulfide) groups is 1. The van der Waals surface area contributed by atoms with Gasteiger partial charge in [-0.2, -0.15) is 0 Å². The number of hydrogen-bond donors (Lipinski definition) is 2. The number of carbonyl (C=O) groups excluding carboxylic acids is 1. The zero-order chi connectivity index (χ0) is 15.2. The minimum Gasteiger partial charge on any atom is -0.398 e. The summed E-state index contributed by atoms with van der Waals surface area (Å²) in [6, 6.07) is 12.6. The third kappa shape index (κ3) is 5.16.